The third-order valence-corrected chi connectivity index (χ3v) is 17.9. The second-order valence-electron chi connectivity index (χ2n) is 26.7. The van der Waals surface area contributed by atoms with Crippen LogP contribution in [0.5, 0.6) is 0 Å². The zero-order valence-electron chi connectivity index (χ0n) is 49.0. The Labute approximate surface area is 479 Å². The molecule has 398 valence electrons. The smallest absolute Gasteiger partial charge is 0.252 e. The molecule has 1 aromatic heterocycles. The molecule has 0 amide bonds. The third-order valence-electron chi connectivity index (χ3n) is 17.9. The molecule has 0 saturated heterocycles. The van der Waals surface area contributed by atoms with Gasteiger partial charge in [0, 0.05) is 73.3 Å². The van der Waals surface area contributed by atoms with E-state index in [1.165, 1.54) is 94.8 Å². The number of aryl methyl sites for hydroxylation is 1. The van der Waals surface area contributed by atoms with E-state index in [1.54, 1.807) is 0 Å². The molecule has 4 nitrogen and oxygen atoms in total. The maximum Gasteiger partial charge on any atom is 0.252 e. The van der Waals surface area contributed by atoms with Gasteiger partial charge in [-0.2, -0.15) is 0 Å². The number of para-hydroxylation sites is 1. The molecule has 2 aliphatic heterocycles. The Morgan fingerprint density at radius 3 is 1.69 bits per heavy atom. The lowest BCUT2D eigenvalue weighted by Crippen LogP contribution is -2.61. The lowest BCUT2D eigenvalue weighted by molar-refractivity contribution is 0.590. The van der Waals surface area contributed by atoms with Crippen molar-refractivity contribution in [2.24, 2.45) is 0 Å². The van der Waals surface area contributed by atoms with Crippen LogP contribution in [-0.2, 0) is 21.7 Å². The van der Waals surface area contributed by atoms with Gasteiger partial charge in [-0.3, -0.25) is 0 Å². The molecule has 10 aromatic carbocycles. The van der Waals surface area contributed by atoms with Crippen molar-refractivity contribution < 1.29 is 4.42 Å². The molecular weight excluding hydrogens is 982 g/mol. The number of anilines is 9. The number of fused-ring (bicyclic) bond motifs is 10. The number of nitrogens with zero attached hydrogens (tertiary/aromatic N) is 3. The van der Waals surface area contributed by atoms with E-state index < -0.39 is 0 Å². The first kappa shape index (κ1) is 50.7. The van der Waals surface area contributed by atoms with Gasteiger partial charge < -0.3 is 19.1 Å². The molecular formula is C76H70BN3O. The second kappa shape index (κ2) is 18.0. The van der Waals surface area contributed by atoms with Gasteiger partial charge >= 0.3 is 0 Å². The summed E-state index contributed by atoms with van der Waals surface area (Å²) in [6.07, 6.45) is 0. The minimum Gasteiger partial charge on any atom is -0.456 e. The number of rotatable bonds is 6. The zero-order valence-corrected chi connectivity index (χ0v) is 49.0. The van der Waals surface area contributed by atoms with Crippen LogP contribution in [0.3, 0.4) is 0 Å². The summed E-state index contributed by atoms with van der Waals surface area (Å²) in [6, 6.07) is 78.4. The highest BCUT2D eigenvalue weighted by molar-refractivity contribution is 7.00. The molecule has 0 atom stereocenters. The van der Waals surface area contributed by atoms with Crippen LogP contribution in [-0.4, -0.2) is 6.71 Å². The van der Waals surface area contributed by atoms with E-state index in [0.29, 0.717) is 0 Å². The van der Waals surface area contributed by atoms with Crippen molar-refractivity contribution in [3.05, 3.63) is 240 Å². The summed E-state index contributed by atoms with van der Waals surface area (Å²) in [4.78, 5) is 7.66. The molecule has 0 bridgehead atoms. The minimum atomic E-state index is -0.199. The normalized spacial score (nSPS) is 14.2. The second-order valence-corrected chi connectivity index (χ2v) is 26.7. The highest BCUT2D eigenvalue weighted by Crippen LogP contribution is 2.53. The number of hydrogen-bond acceptors (Lipinski definition) is 4. The van der Waals surface area contributed by atoms with Crippen LogP contribution in [0, 0.1) is 6.92 Å². The highest BCUT2D eigenvalue weighted by Gasteiger charge is 2.45. The Kier molecular flexibility index (Phi) is 11.3. The summed E-state index contributed by atoms with van der Waals surface area (Å²) in [5.74, 6) is 0. The van der Waals surface area contributed by atoms with Crippen molar-refractivity contribution in [2.75, 3.05) is 14.7 Å². The van der Waals surface area contributed by atoms with Gasteiger partial charge in [0.25, 0.3) is 6.71 Å². The Bertz CT molecular complexity index is 4350. The van der Waals surface area contributed by atoms with Crippen molar-refractivity contribution in [1.82, 2.24) is 0 Å². The molecule has 3 aliphatic rings. The van der Waals surface area contributed by atoms with E-state index in [2.05, 4.69) is 304 Å². The van der Waals surface area contributed by atoms with Crippen molar-refractivity contribution in [3.63, 3.8) is 0 Å². The van der Waals surface area contributed by atoms with Crippen LogP contribution >= 0.6 is 0 Å². The standard InChI is InChI=1S/C76H70BN3O/c1-47-40-68-72-69(41-47)80(55-33-36-59-58-23-17-19-25-70(58)81-71(59)46-55)66-43-51(75(8,9)10)28-37-63(66)77(72)64-38-34-54(45-67(64)79(68)53-32-35-57-56-22-16-18-24-61(56)76(11,12)62(57)44-53)78(52-30-26-49(27-31-52)73(2,3)4)65-39-29-50(74(5,6)7)42-60(65)48-20-14-13-15-21-48/h13-46H,1-12H3. The highest BCUT2D eigenvalue weighted by atomic mass is 16.3. The monoisotopic (exact) mass is 1050 g/mol. The molecule has 81 heavy (non-hydrogen) atoms. The fraction of sp³-hybridized carbons (Fsp3) is 0.211. The molecule has 14 rings (SSSR count). The Morgan fingerprint density at radius 1 is 0.420 bits per heavy atom. The molecule has 0 radical (unpaired) electrons. The first-order valence-electron chi connectivity index (χ1n) is 29.0. The summed E-state index contributed by atoms with van der Waals surface area (Å²) in [5.41, 5.74) is 28.4. The van der Waals surface area contributed by atoms with Crippen LogP contribution in [0.15, 0.2) is 211 Å². The average Bonchev–Trinajstić information content (AvgIpc) is 4.03. The maximum atomic E-state index is 6.67. The van der Waals surface area contributed by atoms with Crippen LogP contribution in [0.1, 0.15) is 110 Å². The quantitative estimate of drug-likeness (QED) is 0.155. The van der Waals surface area contributed by atoms with Crippen LogP contribution in [0.25, 0.3) is 44.2 Å². The Hall–Kier alpha value is -8.54. The molecule has 5 heteroatoms. The molecule has 0 saturated carbocycles. The van der Waals surface area contributed by atoms with Gasteiger partial charge in [-0.15, -0.1) is 0 Å². The largest absolute Gasteiger partial charge is 0.456 e. The van der Waals surface area contributed by atoms with Crippen molar-refractivity contribution in [3.8, 4) is 22.3 Å². The van der Waals surface area contributed by atoms with Crippen molar-refractivity contribution in [2.45, 2.75) is 105 Å². The molecule has 11 aromatic rings. The lowest BCUT2D eigenvalue weighted by Gasteiger charge is -2.45. The predicted octanol–water partition coefficient (Wildman–Crippen LogP) is 19.3. The predicted molar refractivity (Wildman–Crippen MR) is 346 cm³/mol. The summed E-state index contributed by atoms with van der Waals surface area (Å²) in [6.45, 7) is 27.8. The van der Waals surface area contributed by atoms with E-state index in [-0.39, 0.29) is 28.4 Å². The van der Waals surface area contributed by atoms with Gasteiger partial charge in [0.15, 0.2) is 0 Å². The first-order chi connectivity index (χ1) is 38.7. The summed E-state index contributed by atoms with van der Waals surface area (Å²) in [7, 11) is 0. The summed E-state index contributed by atoms with van der Waals surface area (Å²) >= 11 is 0. The van der Waals surface area contributed by atoms with Gasteiger partial charge in [0.05, 0.1) is 5.69 Å². The van der Waals surface area contributed by atoms with E-state index in [0.717, 1.165) is 50.4 Å². The van der Waals surface area contributed by atoms with Crippen LogP contribution in [0.4, 0.5) is 51.2 Å². The topological polar surface area (TPSA) is 22.9 Å². The Morgan fingerprint density at radius 2 is 0.975 bits per heavy atom. The molecule has 1 aliphatic carbocycles. The fourth-order valence-electron chi connectivity index (χ4n) is 13.5. The molecule has 3 heterocycles. The number of hydrogen-bond donors (Lipinski definition) is 0. The minimum absolute atomic E-state index is 0.00487. The van der Waals surface area contributed by atoms with Crippen LogP contribution in [0.2, 0.25) is 0 Å². The van der Waals surface area contributed by atoms with Gasteiger partial charge in [-0.25, -0.2) is 0 Å². The van der Waals surface area contributed by atoms with Crippen molar-refractivity contribution >= 4 is 96.2 Å². The van der Waals surface area contributed by atoms with E-state index in [4.69, 9.17) is 4.42 Å². The van der Waals surface area contributed by atoms with Gasteiger partial charge in [0.2, 0.25) is 0 Å². The van der Waals surface area contributed by atoms with E-state index >= 15 is 0 Å². The van der Waals surface area contributed by atoms with Crippen molar-refractivity contribution in [1.29, 1.82) is 0 Å². The molecule has 0 fully saturated rings. The SMILES string of the molecule is Cc1cc2c3c(c1)N(c1ccc4c(c1)oc1ccccc14)c1cc(C(C)(C)C)ccc1B3c1ccc(N(c3ccc(C(C)(C)C)cc3)c3ccc(C(C)(C)C)cc3-c3ccccc3)cc1N2c1ccc2c(c1)C(C)(C)c1ccccc1-2. The average molecular weight is 1050 g/mol. The van der Waals surface area contributed by atoms with Gasteiger partial charge in [-0.05, 0) is 175 Å². The fourth-order valence-corrected chi connectivity index (χ4v) is 13.5. The maximum absolute atomic E-state index is 6.67. The summed E-state index contributed by atoms with van der Waals surface area (Å²) in [5, 5.41) is 2.25. The first-order valence-corrected chi connectivity index (χ1v) is 29.0. The molecule has 0 N–H and O–H groups in total. The van der Waals surface area contributed by atoms with E-state index in [9.17, 15) is 0 Å². The van der Waals surface area contributed by atoms with Crippen LogP contribution < -0.4 is 31.1 Å². The third kappa shape index (κ3) is 8.09. The molecule has 0 spiro atoms. The van der Waals surface area contributed by atoms with Gasteiger partial charge in [0.1, 0.15) is 11.2 Å². The molecule has 0 unspecified atom stereocenters. The summed E-state index contributed by atoms with van der Waals surface area (Å²) < 4.78 is 6.67. The lowest BCUT2D eigenvalue weighted by atomic mass is 9.33. The number of furan rings is 1. The number of benzene rings is 10. The van der Waals surface area contributed by atoms with Gasteiger partial charge in [-0.1, -0.05) is 191 Å². The Balaban J connectivity index is 1.05. The zero-order chi connectivity index (χ0) is 56.1. The van der Waals surface area contributed by atoms with E-state index in [1.807, 2.05) is 0 Å².